The molecule has 0 aromatic heterocycles. The number of rotatable bonds is 5. The Morgan fingerprint density at radius 2 is 1.74 bits per heavy atom. The zero-order valence-corrected chi connectivity index (χ0v) is 17.5. The van der Waals surface area contributed by atoms with Gasteiger partial charge in [-0.15, -0.1) is 0 Å². The summed E-state index contributed by atoms with van der Waals surface area (Å²) >= 11 is 0.667. The van der Waals surface area contributed by atoms with Gasteiger partial charge in [0.1, 0.15) is 11.6 Å². The van der Waals surface area contributed by atoms with Crippen LogP contribution in [0.1, 0.15) is 25.3 Å². The van der Waals surface area contributed by atoms with E-state index in [0.29, 0.717) is 17.4 Å². The van der Waals surface area contributed by atoms with Gasteiger partial charge in [0.25, 0.3) is 0 Å². The molecule has 0 saturated carbocycles. The fraction of sp³-hybridized carbons (Fsp3) is 0.429. The Bertz CT molecular complexity index is 912. The topological polar surface area (TPSA) is 12.5 Å². The molecule has 1 aliphatic rings. The Labute approximate surface area is 179 Å². The van der Waals surface area contributed by atoms with Gasteiger partial charge in [-0.25, -0.2) is 17.6 Å². The van der Waals surface area contributed by atoms with Gasteiger partial charge >= 0.3 is 6.18 Å². The first-order chi connectivity index (χ1) is 14.4. The maximum atomic E-state index is 15.1. The van der Waals surface area contributed by atoms with Gasteiger partial charge in [-0.3, -0.25) is 0 Å². The number of alkyl halides is 6. The molecule has 2 aromatic rings. The van der Waals surface area contributed by atoms with E-state index < -0.39 is 47.1 Å². The predicted molar refractivity (Wildman–Crippen MR) is 106 cm³/mol. The molecule has 170 valence electrons. The van der Waals surface area contributed by atoms with E-state index >= 15 is 4.39 Å². The van der Waals surface area contributed by atoms with E-state index in [1.807, 2.05) is 0 Å². The van der Waals surface area contributed by atoms with Crippen LogP contribution in [0.2, 0.25) is 0 Å². The molecule has 2 atom stereocenters. The van der Waals surface area contributed by atoms with E-state index in [9.17, 15) is 26.3 Å². The molecule has 0 unspecified atom stereocenters. The Kier molecular flexibility index (Phi) is 6.69. The Morgan fingerprint density at radius 1 is 1.10 bits per heavy atom. The smallest absolute Gasteiger partial charge is 0.420 e. The van der Waals surface area contributed by atoms with E-state index in [0.717, 1.165) is 38.3 Å². The molecule has 0 aliphatic carbocycles. The van der Waals surface area contributed by atoms with Crippen molar-refractivity contribution in [1.29, 1.82) is 0 Å². The number of hydrogen-bond donors (Lipinski definition) is 0. The van der Waals surface area contributed by atoms with E-state index in [4.69, 9.17) is 4.74 Å². The zero-order chi connectivity index (χ0) is 23.0. The second kappa shape index (κ2) is 8.80. The number of anilines is 2. The summed E-state index contributed by atoms with van der Waals surface area (Å²) in [6.45, 7) is 0.587. The lowest BCUT2D eigenvalue weighted by Crippen LogP contribution is -2.29. The van der Waals surface area contributed by atoms with Crippen molar-refractivity contribution in [3.8, 4) is 5.75 Å². The van der Waals surface area contributed by atoms with E-state index in [2.05, 4.69) is 0 Å². The van der Waals surface area contributed by atoms with Gasteiger partial charge in [0, 0.05) is 29.5 Å². The van der Waals surface area contributed by atoms with Crippen LogP contribution in [0, 0.1) is 11.7 Å². The van der Waals surface area contributed by atoms with E-state index in [1.165, 1.54) is 17.0 Å². The van der Waals surface area contributed by atoms with Crippen LogP contribution in [0.5, 0.6) is 5.75 Å². The van der Waals surface area contributed by atoms with Crippen molar-refractivity contribution < 1.29 is 35.5 Å². The third-order valence-corrected chi connectivity index (χ3v) is 6.19. The number of halogens is 7. The minimum absolute atomic E-state index is 0.0538. The molecule has 31 heavy (non-hydrogen) atoms. The van der Waals surface area contributed by atoms with Crippen LogP contribution in [-0.2, 0) is 6.18 Å². The number of benzene rings is 2. The number of fused-ring (bicyclic) bond motifs is 1. The molecule has 0 radical (unpaired) electrons. The Hall–Kier alpha value is -2.10. The van der Waals surface area contributed by atoms with Gasteiger partial charge in [0.05, 0.1) is 18.4 Å². The van der Waals surface area contributed by atoms with Crippen LogP contribution in [0.25, 0.3) is 0 Å². The molecule has 3 rings (SSSR count). The number of ether oxygens (including phenoxy) is 1. The van der Waals surface area contributed by atoms with Gasteiger partial charge in [-0.05, 0) is 49.7 Å². The molecule has 0 saturated heterocycles. The predicted octanol–water partition coefficient (Wildman–Crippen LogP) is 7.44. The van der Waals surface area contributed by atoms with Crippen LogP contribution in [0.4, 0.5) is 42.1 Å². The highest BCUT2D eigenvalue weighted by Gasteiger charge is 2.39. The quantitative estimate of drug-likeness (QED) is 0.424. The molecule has 2 nitrogen and oxygen atoms in total. The molecule has 0 bridgehead atoms. The first-order valence-electron chi connectivity index (χ1n) is 9.40. The number of nitrogens with zero attached hydrogens (tertiary/aromatic N) is 1. The highest BCUT2D eigenvalue weighted by molar-refractivity contribution is 8.00. The minimum atomic E-state index is -4.73. The SMILES string of the molecule is COc1cc2c(cc1C(F)(F)F)N(c1ccc(F)cc1)C[C@H](CCC(C)(F)F)[C@H](F)S2. The summed E-state index contributed by atoms with van der Waals surface area (Å²) < 4.78 is 101. The van der Waals surface area contributed by atoms with Gasteiger partial charge in [0.15, 0.2) is 5.50 Å². The summed E-state index contributed by atoms with van der Waals surface area (Å²) in [5, 5.41) is 0. The second-order valence-electron chi connectivity index (χ2n) is 7.44. The average molecular weight is 467 g/mol. The van der Waals surface area contributed by atoms with Crippen molar-refractivity contribution >= 4 is 23.1 Å². The van der Waals surface area contributed by atoms with Crippen molar-refractivity contribution in [1.82, 2.24) is 0 Å². The summed E-state index contributed by atoms with van der Waals surface area (Å²) in [5.41, 5.74) is -2.30. The van der Waals surface area contributed by atoms with Crippen molar-refractivity contribution in [3.63, 3.8) is 0 Å². The Morgan fingerprint density at radius 3 is 2.29 bits per heavy atom. The first kappa shape index (κ1) is 23.6. The summed E-state index contributed by atoms with van der Waals surface area (Å²) in [4.78, 5) is 1.58. The fourth-order valence-electron chi connectivity index (χ4n) is 3.41. The van der Waals surface area contributed by atoms with Crippen molar-refractivity contribution in [2.24, 2.45) is 5.92 Å². The van der Waals surface area contributed by atoms with Crippen LogP contribution in [0.15, 0.2) is 41.3 Å². The van der Waals surface area contributed by atoms with Crippen molar-refractivity contribution in [3.05, 3.63) is 47.8 Å². The van der Waals surface area contributed by atoms with Crippen LogP contribution < -0.4 is 9.64 Å². The van der Waals surface area contributed by atoms with Crippen LogP contribution in [0.3, 0.4) is 0 Å². The maximum absolute atomic E-state index is 15.1. The molecule has 0 spiro atoms. The standard InChI is InChI=1S/C21H20F7NOS/c1-20(24,25)8-7-12-11-29(14-5-3-13(22)4-6-14)16-9-15(21(26,27)28)17(30-2)10-18(16)31-19(12)23/h3-6,9-10,12,19H,7-8,11H2,1-2H3/t12-,19+/m0/s1. The molecule has 0 fully saturated rings. The van der Waals surface area contributed by atoms with Gasteiger partial charge in [0.2, 0.25) is 5.92 Å². The summed E-state index contributed by atoms with van der Waals surface area (Å²) in [6, 6.07) is 6.92. The maximum Gasteiger partial charge on any atom is 0.420 e. The molecule has 1 heterocycles. The highest BCUT2D eigenvalue weighted by Crippen LogP contribution is 2.49. The third kappa shape index (κ3) is 5.58. The third-order valence-electron chi connectivity index (χ3n) is 5.00. The van der Waals surface area contributed by atoms with E-state index in [-0.39, 0.29) is 23.5 Å². The summed E-state index contributed by atoms with van der Waals surface area (Å²) in [6.07, 6.45) is -5.47. The average Bonchev–Trinajstić information content (AvgIpc) is 2.80. The van der Waals surface area contributed by atoms with Crippen LogP contribution in [-0.4, -0.2) is 25.1 Å². The normalized spacial score (nSPS) is 19.7. The minimum Gasteiger partial charge on any atom is -0.496 e. The van der Waals surface area contributed by atoms with Gasteiger partial charge < -0.3 is 9.64 Å². The number of thioether (sulfide) groups is 1. The largest absolute Gasteiger partial charge is 0.496 e. The second-order valence-corrected chi connectivity index (χ2v) is 8.57. The molecule has 2 aromatic carbocycles. The molecule has 0 N–H and O–H groups in total. The molecular formula is C21H20F7NOS. The lowest BCUT2D eigenvalue weighted by molar-refractivity contribution is -0.138. The molecule has 1 aliphatic heterocycles. The lowest BCUT2D eigenvalue weighted by atomic mass is 10.00. The van der Waals surface area contributed by atoms with Crippen molar-refractivity contribution in [2.45, 2.75) is 42.3 Å². The fourth-order valence-corrected chi connectivity index (χ4v) is 4.53. The molecule has 10 heteroatoms. The summed E-state index contributed by atoms with van der Waals surface area (Å²) in [5.74, 6) is -4.92. The van der Waals surface area contributed by atoms with E-state index in [1.54, 1.807) is 0 Å². The zero-order valence-electron chi connectivity index (χ0n) is 16.6. The molecular weight excluding hydrogens is 447 g/mol. The van der Waals surface area contributed by atoms with Crippen LogP contribution >= 0.6 is 11.8 Å². The van der Waals surface area contributed by atoms with Gasteiger partial charge in [-0.1, -0.05) is 11.8 Å². The first-order valence-corrected chi connectivity index (χ1v) is 10.3. The Balaban J connectivity index is 2.11. The summed E-state index contributed by atoms with van der Waals surface area (Å²) in [7, 11) is 1.08. The highest BCUT2D eigenvalue weighted by atomic mass is 32.2. The monoisotopic (exact) mass is 467 g/mol. The number of hydrogen-bond acceptors (Lipinski definition) is 3. The van der Waals surface area contributed by atoms with Crippen molar-refractivity contribution in [2.75, 3.05) is 18.6 Å². The molecule has 0 amide bonds. The number of methoxy groups -OCH3 is 1. The van der Waals surface area contributed by atoms with Gasteiger partial charge in [-0.2, -0.15) is 13.2 Å². The lowest BCUT2D eigenvalue weighted by Gasteiger charge is -2.29.